The molecule has 34 heavy (non-hydrogen) atoms. The van der Waals surface area contributed by atoms with E-state index in [1.165, 1.54) is 18.2 Å². The van der Waals surface area contributed by atoms with Gasteiger partial charge >= 0.3 is 6.18 Å². The predicted octanol–water partition coefficient (Wildman–Crippen LogP) is 5.48. The maximum absolute atomic E-state index is 13.2. The van der Waals surface area contributed by atoms with Gasteiger partial charge in [0.25, 0.3) is 15.7 Å². The first-order chi connectivity index (χ1) is 15.9. The van der Waals surface area contributed by atoms with Gasteiger partial charge in [-0.15, -0.1) is 0 Å². The Morgan fingerprint density at radius 1 is 1.00 bits per heavy atom. The van der Waals surface area contributed by atoms with Gasteiger partial charge in [-0.2, -0.15) is 18.3 Å². The monoisotopic (exact) mass is 492 g/mol. The fourth-order valence-electron chi connectivity index (χ4n) is 3.11. The summed E-state index contributed by atoms with van der Waals surface area (Å²) in [6.07, 6.45) is -3.72. The van der Waals surface area contributed by atoms with Crippen LogP contribution in [0.3, 0.4) is 0 Å². The SMILES string of the molecule is Cc1ccc(NS(=O)(=O)c2cc([N+](=O)[O-])ccc2NN=Cc2ccccc2C(F)(F)F)c(C)c1. The molecule has 0 fully saturated rings. The minimum absolute atomic E-state index is 0.163. The van der Waals surface area contributed by atoms with Crippen LogP contribution in [-0.2, 0) is 16.2 Å². The first-order valence-corrected chi connectivity index (χ1v) is 11.2. The molecule has 3 rings (SSSR count). The molecule has 12 heteroatoms. The fourth-order valence-corrected chi connectivity index (χ4v) is 4.41. The Kier molecular flexibility index (Phi) is 6.91. The van der Waals surface area contributed by atoms with Crippen molar-refractivity contribution in [2.24, 2.45) is 5.10 Å². The summed E-state index contributed by atoms with van der Waals surface area (Å²) in [6, 6.07) is 12.7. The summed E-state index contributed by atoms with van der Waals surface area (Å²) in [5.41, 5.74) is 2.37. The van der Waals surface area contributed by atoms with Gasteiger partial charge in [0, 0.05) is 17.7 Å². The molecule has 3 aromatic rings. The Morgan fingerprint density at radius 2 is 1.68 bits per heavy atom. The maximum Gasteiger partial charge on any atom is 0.417 e. The van der Waals surface area contributed by atoms with Gasteiger partial charge in [0.15, 0.2) is 0 Å². The van der Waals surface area contributed by atoms with Crippen LogP contribution in [0.25, 0.3) is 0 Å². The molecule has 2 N–H and O–H groups in total. The minimum Gasteiger partial charge on any atom is -0.279 e. The second-order valence-electron chi connectivity index (χ2n) is 7.32. The van der Waals surface area contributed by atoms with Crippen molar-refractivity contribution in [2.45, 2.75) is 24.9 Å². The molecule has 0 spiro atoms. The second-order valence-corrected chi connectivity index (χ2v) is 8.97. The number of alkyl halides is 3. The molecular formula is C22H19F3N4O4S. The van der Waals surface area contributed by atoms with E-state index in [9.17, 15) is 31.7 Å². The quantitative estimate of drug-likeness (QED) is 0.258. The number of rotatable bonds is 7. The van der Waals surface area contributed by atoms with Gasteiger partial charge in [-0.1, -0.05) is 35.9 Å². The highest BCUT2D eigenvalue weighted by atomic mass is 32.2. The second kappa shape index (κ2) is 9.51. The van der Waals surface area contributed by atoms with Gasteiger partial charge in [-0.05, 0) is 37.6 Å². The molecule has 0 unspecified atom stereocenters. The standard InChI is InChI=1S/C22H19F3N4O4S/c1-14-7-9-19(15(2)11-14)28-34(32,33)21-12-17(29(30)31)8-10-20(21)27-26-13-16-5-3-4-6-18(16)22(23,24)25/h3-13,27-28H,1-2H3. The number of hydrogen-bond donors (Lipinski definition) is 2. The highest BCUT2D eigenvalue weighted by Gasteiger charge is 2.32. The summed E-state index contributed by atoms with van der Waals surface area (Å²) in [6.45, 7) is 3.53. The van der Waals surface area contributed by atoms with Gasteiger partial charge in [0.1, 0.15) is 4.90 Å². The van der Waals surface area contributed by atoms with Crippen molar-refractivity contribution < 1.29 is 26.5 Å². The Morgan fingerprint density at radius 3 is 2.32 bits per heavy atom. The maximum atomic E-state index is 13.2. The Labute approximate surface area is 193 Å². The van der Waals surface area contributed by atoms with Crippen LogP contribution in [0, 0.1) is 24.0 Å². The third-order valence-electron chi connectivity index (χ3n) is 4.75. The van der Waals surface area contributed by atoms with E-state index in [2.05, 4.69) is 15.2 Å². The Bertz CT molecular complexity index is 1370. The van der Waals surface area contributed by atoms with Crippen LogP contribution < -0.4 is 10.1 Å². The Balaban J connectivity index is 1.98. The number of non-ortho nitro benzene ring substituents is 1. The van der Waals surface area contributed by atoms with Crippen LogP contribution in [0.5, 0.6) is 0 Å². The number of hydrogen-bond acceptors (Lipinski definition) is 6. The number of aryl methyl sites for hydroxylation is 2. The summed E-state index contributed by atoms with van der Waals surface area (Å²) in [4.78, 5) is 9.95. The first-order valence-electron chi connectivity index (χ1n) is 9.72. The van der Waals surface area contributed by atoms with Crippen molar-refractivity contribution in [3.05, 3.63) is 93.0 Å². The molecule has 0 aliphatic carbocycles. The normalized spacial score (nSPS) is 12.0. The number of nitro benzene ring substituents is 1. The number of nitrogens with zero attached hydrogens (tertiary/aromatic N) is 2. The van der Waals surface area contributed by atoms with Crippen molar-refractivity contribution in [3.8, 4) is 0 Å². The van der Waals surface area contributed by atoms with Crippen LogP contribution in [0.15, 0.2) is 70.7 Å². The molecule has 0 amide bonds. The summed E-state index contributed by atoms with van der Waals surface area (Å²) < 4.78 is 68.1. The zero-order chi connectivity index (χ0) is 25.1. The lowest BCUT2D eigenvalue weighted by Crippen LogP contribution is -2.16. The number of hydrazone groups is 1. The van der Waals surface area contributed by atoms with Crippen LogP contribution in [0.4, 0.5) is 30.2 Å². The topological polar surface area (TPSA) is 114 Å². The van der Waals surface area contributed by atoms with E-state index in [1.807, 2.05) is 6.92 Å². The van der Waals surface area contributed by atoms with E-state index in [-0.39, 0.29) is 16.9 Å². The largest absolute Gasteiger partial charge is 0.417 e. The third kappa shape index (κ3) is 5.70. The fraction of sp³-hybridized carbons (Fsp3) is 0.136. The number of benzene rings is 3. The molecule has 0 aliphatic heterocycles. The van der Waals surface area contributed by atoms with E-state index in [1.54, 1.807) is 25.1 Å². The van der Waals surface area contributed by atoms with Crippen molar-refractivity contribution in [2.75, 3.05) is 10.1 Å². The average molecular weight is 492 g/mol. The number of sulfonamides is 1. The number of nitro groups is 1. The molecule has 0 bridgehead atoms. The van der Waals surface area contributed by atoms with E-state index >= 15 is 0 Å². The number of anilines is 2. The molecule has 0 atom stereocenters. The zero-order valence-electron chi connectivity index (χ0n) is 17.9. The van der Waals surface area contributed by atoms with Crippen LogP contribution in [-0.4, -0.2) is 19.6 Å². The van der Waals surface area contributed by atoms with Crippen molar-refractivity contribution in [1.82, 2.24) is 0 Å². The minimum atomic E-state index is -4.61. The third-order valence-corrected chi connectivity index (χ3v) is 6.15. The first kappa shape index (κ1) is 24.7. The number of halogens is 3. The smallest absolute Gasteiger partial charge is 0.279 e. The molecule has 0 saturated heterocycles. The van der Waals surface area contributed by atoms with Crippen LogP contribution >= 0.6 is 0 Å². The van der Waals surface area contributed by atoms with Gasteiger partial charge < -0.3 is 0 Å². The lowest BCUT2D eigenvalue weighted by atomic mass is 10.1. The van der Waals surface area contributed by atoms with E-state index in [0.717, 1.165) is 36.0 Å². The highest BCUT2D eigenvalue weighted by Crippen LogP contribution is 2.32. The molecule has 0 radical (unpaired) electrons. The lowest BCUT2D eigenvalue weighted by Gasteiger charge is -2.14. The molecule has 0 heterocycles. The molecule has 0 aliphatic rings. The summed E-state index contributed by atoms with van der Waals surface area (Å²) in [7, 11) is -4.33. The Hall–Kier alpha value is -3.93. The van der Waals surface area contributed by atoms with Crippen LogP contribution in [0.2, 0.25) is 0 Å². The molecule has 0 aromatic heterocycles. The van der Waals surface area contributed by atoms with Gasteiger partial charge in [0.05, 0.1) is 28.1 Å². The van der Waals surface area contributed by atoms with Gasteiger partial charge in [-0.3, -0.25) is 20.3 Å². The van der Waals surface area contributed by atoms with E-state index in [0.29, 0.717) is 5.56 Å². The van der Waals surface area contributed by atoms with Gasteiger partial charge in [-0.25, -0.2) is 8.42 Å². The zero-order valence-corrected chi connectivity index (χ0v) is 18.7. The average Bonchev–Trinajstić information content (AvgIpc) is 2.75. The van der Waals surface area contributed by atoms with E-state index in [4.69, 9.17) is 0 Å². The van der Waals surface area contributed by atoms with Gasteiger partial charge in [0.2, 0.25) is 0 Å². The lowest BCUT2D eigenvalue weighted by molar-refractivity contribution is -0.385. The number of nitrogens with one attached hydrogen (secondary N) is 2. The van der Waals surface area contributed by atoms with E-state index < -0.39 is 37.3 Å². The summed E-state index contributed by atoms with van der Waals surface area (Å²) >= 11 is 0. The van der Waals surface area contributed by atoms with Crippen molar-refractivity contribution >= 4 is 33.3 Å². The molecular weight excluding hydrogens is 473 g/mol. The van der Waals surface area contributed by atoms with Crippen molar-refractivity contribution in [3.63, 3.8) is 0 Å². The summed E-state index contributed by atoms with van der Waals surface area (Å²) in [5, 5.41) is 14.9. The summed E-state index contributed by atoms with van der Waals surface area (Å²) in [5.74, 6) is 0. The molecule has 8 nitrogen and oxygen atoms in total. The highest BCUT2D eigenvalue weighted by molar-refractivity contribution is 7.92. The predicted molar refractivity (Wildman–Crippen MR) is 122 cm³/mol. The van der Waals surface area contributed by atoms with Crippen LogP contribution in [0.1, 0.15) is 22.3 Å². The molecule has 178 valence electrons. The van der Waals surface area contributed by atoms with Crippen molar-refractivity contribution in [1.29, 1.82) is 0 Å². The molecule has 3 aromatic carbocycles. The molecule has 0 saturated carbocycles.